The molecule has 3 rings (SSSR count). The molecular formula is C17H25N5O3. The maximum Gasteiger partial charge on any atom is 0.332 e. The monoisotopic (exact) mass is 347 g/mol. The summed E-state index contributed by atoms with van der Waals surface area (Å²) >= 11 is 0. The Kier molecular flexibility index (Phi) is 4.55. The molecule has 0 atom stereocenters. The van der Waals surface area contributed by atoms with E-state index in [2.05, 4.69) is 9.55 Å². The van der Waals surface area contributed by atoms with E-state index in [1.807, 2.05) is 27.0 Å². The third-order valence-electron chi connectivity index (χ3n) is 4.42. The highest BCUT2D eigenvalue weighted by Crippen LogP contribution is 2.16. The van der Waals surface area contributed by atoms with E-state index < -0.39 is 0 Å². The number of ether oxygens (including phenoxy) is 1. The molecule has 0 N–H and O–H groups in total. The smallest absolute Gasteiger partial charge is 0.332 e. The van der Waals surface area contributed by atoms with Crippen molar-refractivity contribution < 1.29 is 4.74 Å². The van der Waals surface area contributed by atoms with Gasteiger partial charge >= 0.3 is 5.69 Å². The van der Waals surface area contributed by atoms with Crippen LogP contribution in [0.1, 0.15) is 26.0 Å². The first-order chi connectivity index (χ1) is 11.9. The summed E-state index contributed by atoms with van der Waals surface area (Å²) in [7, 11) is 3.34. The van der Waals surface area contributed by atoms with Crippen LogP contribution in [0.25, 0.3) is 16.9 Å². The van der Waals surface area contributed by atoms with Gasteiger partial charge in [0.05, 0.1) is 0 Å². The summed E-state index contributed by atoms with van der Waals surface area (Å²) in [6, 6.07) is 0. The van der Waals surface area contributed by atoms with Crippen LogP contribution in [0.3, 0.4) is 0 Å². The first kappa shape index (κ1) is 17.5. The van der Waals surface area contributed by atoms with E-state index in [0.717, 1.165) is 18.7 Å². The largest absolute Gasteiger partial charge is 0.385 e. The molecule has 3 heterocycles. The van der Waals surface area contributed by atoms with Gasteiger partial charge in [0.15, 0.2) is 11.2 Å². The number of hydrogen-bond donors (Lipinski definition) is 0. The lowest BCUT2D eigenvalue weighted by Crippen LogP contribution is -2.40. The maximum absolute atomic E-state index is 13.0. The fourth-order valence-electron chi connectivity index (χ4n) is 3.22. The first-order valence-electron chi connectivity index (χ1n) is 8.53. The van der Waals surface area contributed by atoms with Gasteiger partial charge in [0.25, 0.3) is 5.56 Å². The molecule has 8 nitrogen and oxygen atoms in total. The van der Waals surface area contributed by atoms with E-state index >= 15 is 0 Å². The van der Waals surface area contributed by atoms with E-state index in [0.29, 0.717) is 30.1 Å². The van der Waals surface area contributed by atoms with Crippen LogP contribution in [0.15, 0.2) is 15.8 Å². The van der Waals surface area contributed by atoms with E-state index in [1.165, 1.54) is 9.13 Å². The topological polar surface area (TPSA) is 75.5 Å². The van der Waals surface area contributed by atoms with Gasteiger partial charge in [-0.15, -0.1) is 0 Å². The van der Waals surface area contributed by atoms with Crippen molar-refractivity contribution in [1.29, 1.82) is 0 Å². The second-order valence-electron chi connectivity index (χ2n) is 6.87. The highest BCUT2D eigenvalue weighted by Gasteiger charge is 2.20. The van der Waals surface area contributed by atoms with Crippen molar-refractivity contribution in [2.24, 2.45) is 13.0 Å². The SMILES string of the molecule is COCCCn1c(C)cn2c3c(=O)n(CC(C)C)c(=O)n(C)c3nc12. The molecule has 3 aromatic heterocycles. The van der Waals surface area contributed by atoms with Crippen LogP contribution in [0.5, 0.6) is 0 Å². The molecule has 0 unspecified atom stereocenters. The summed E-state index contributed by atoms with van der Waals surface area (Å²) in [4.78, 5) is 30.1. The zero-order valence-electron chi connectivity index (χ0n) is 15.4. The first-order valence-corrected chi connectivity index (χ1v) is 8.53. The van der Waals surface area contributed by atoms with Crippen LogP contribution in [0.4, 0.5) is 0 Å². The zero-order chi connectivity index (χ0) is 18.3. The molecule has 0 fully saturated rings. The number of imidazole rings is 2. The Hall–Kier alpha value is -2.35. The van der Waals surface area contributed by atoms with Gasteiger partial charge in [0.1, 0.15) is 0 Å². The van der Waals surface area contributed by atoms with Gasteiger partial charge in [-0.3, -0.25) is 18.3 Å². The van der Waals surface area contributed by atoms with Crippen LogP contribution < -0.4 is 11.2 Å². The Morgan fingerprint density at radius 3 is 2.60 bits per heavy atom. The van der Waals surface area contributed by atoms with Crippen LogP contribution >= 0.6 is 0 Å². The molecule has 0 aromatic carbocycles. The quantitative estimate of drug-likeness (QED) is 0.627. The van der Waals surface area contributed by atoms with E-state index in [1.54, 1.807) is 18.6 Å². The highest BCUT2D eigenvalue weighted by molar-refractivity contribution is 5.75. The molecule has 3 aromatic rings. The summed E-state index contributed by atoms with van der Waals surface area (Å²) in [6.45, 7) is 7.75. The minimum absolute atomic E-state index is 0.201. The highest BCUT2D eigenvalue weighted by atomic mass is 16.5. The molecule has 0 aliphatic heterocycles. The van der Waals surface area contributed by atoms with E-state index in [4.69, 9.17) is 4.74 Å². The lowest BCUT2D eigenvalue weighted by Gasteiger charge is -2.09. The molecular weight excluding hydrogens is 322 g/mol. The van der Waals surface area contributed by atoms with Crippen LogP contribution in [-0.2, 0) is 24.9 Å². The lowest BCUT2D eigenvalue weighted by molar-refractivity contribution is 0.190. The molecule has 0 aliphatic carbocycles. The Balaban J connectivity index is 2.28. The van der Waals surface area contributed by atoms with Crippen molar-refractivity contribution in [3.8, 4) is 0 Å². The molecule has 8 heteroatoms. The number of aromatic nitrogens is 5. The standard InChI is InChI=1S/C17H25N5O3/c1-11(2)9-22-15(23)13-14(19(4)17(22)24)18-16-20(7-6-8-25-5)12(3)10-21(13)16/h10-11H,6-9H2,1-5H3. The van der Waals surface area contributed by atoms with Gasteiger partial charge in [-0.2, -0.15) is 4.98 Å². The molecule has 0 spiro atoms. The Morgan fingerprint density at radius 2 is 1.96 bits per heavy atom. The minimum atomic E-state index is -0.324. The van der Waals surface area contributed by atoms with Gasteiger partial charge in [0, 0.05) is 45.7 Å². The maximum atomic E-state index is 13.0. The number of aryl methyl sites for hydroxylation is 3. The van der Waals surface area contributed by atoms with Crippen LogP contribution in [0.2, 0.25) is 0 Å². The van der Waals surface area contributed by atoms with Crippen molar-refractivity contribution >= 4 is 16.9 Å². The second kappa shape index (κ2) is 6.51. The molecule has 0 amide bonds. The van der Waals surface area contributed by atoms with E-state index in [-0.39, 0.29) is 17.2 Å². The summed E-state index contributed by atoms with van der Waals surface area (Å²) in [5.41, 5.74) is 1.28. The summed E-state index contributed by atoms with van der Waals surface area (Å²) in [5, 5.41) is 0. The lowest BCUT2D eigenvalue weighted by atomic mass is 10.2. The molecule has 0 aliphatic rings. The van der Waals surface area contributed by atoms with Crippen molar-refractivity contribution in [1.82, 2.24) is 23.1 Å². The normalized spacial score (nSPS) is 12.1. The molecule has 0 radical (unpaired) electrons. The van der Waals surface area contributed by atoms with Crippen molar-refractivity contribution in [2.45, 2.75) is 40.3 Å². The third kappa shape index (κ3) is 2.80. The number of methoxy groups -OCH3 is 1. The fourth-order valence-corrected chi connectivity index (χ4v) is 3.22. The van der Waals surface area contributed by atoms with Gasteiger partial charge in [0.2, 0.25) is 5.78 Å². The van der Waals surface area contributed by atoms with Crippen molar-refractivity contribution in [3.63, 3.8) is 0 Å². The number of rotatable bonds is 6. The second-order valence-corrected chi connectivity index (χ2v) is 6.87. The predicted octanol–water partition coefficient (Wildman–Crippen LogP) is 1.15. The number of hydrogen-bond acceptors (Lipinski definition) is 4. The summed E-state index contributed by atoms with van der Waals surface area (Å²) < 4.78 is 11.7. The molecule has 136 valence electrons. The fraction of sp³-hybridized carbons (Fsp3) is 0.588. The van der Waals surface area contributed by atoms with Gasteiger partial charge in [-0.1, -0.05) is 13.8 Å². The van der Waals surface area contributed by atoms with Crippen LogP contribution in [0, 0.1) is 12.8 Å². The third-order valence-corrected chi connectivity index (χ3v) is 4.42. The Morgan fingerprint density at radius 1 is 1.24 bits per heavy atom. The van der Waals surface area contributed by atoms with Gasteiger partial charge in [-0.05, 0) is 19.3 Å². The molecule has 0 saturated carbocycles. The molecule has 25 heavy (non-hydrogen) atoms. The number of nitrogens with zero attached hydrogens (tertiary/aromatic N) is 5. The Bertz CT molecular complexity index is 1030. The summed E-state index contributed by atoms with van der Waals surface area (Å²) in [6.07, 6.45) is 2.75. The molecule has 0 bridgehead atoms. The van der Waals surface area contributed by atoms with E-state index in [9.17, 15) is 9.59 Å². The van der Waals surface area contributed by atoms with Crippen molar-refractivity contribution in [3.05, 3.63) is 32.7 Å². The predicted molar refractivity (Wildman–Crippen MR) is 96.3 cm³/mol. The van der Waals surface area contributed by atoms with Gasteiger partial charge in [-0.25, -0.2) is 4.79 Å². The zero-order valence-corrected chi connectivity index (χ0v) is 15.4. The molecule has 0 saturated heterocycles. The minimum Gasteiger partial charge on any atom is -0.385 e. The average molecular weight is 347 g/mol. The van der Waals surface area contributed by atoms with Gasteiger partial charge < -0.3 is 9.30 Å². The number of fused-ring (bicyclic) bond motifs is 3. The van der Waals surface area contributed by atoms with Crippen molar-refractivity contribution in [2.75, 3.05) is 13.7 Å². The average Bonchev–Trinajstić information content (AvgIpc) is 3.06. The summed E-state index contributed by atoms with van der Waals surface area (Å²) in [5.74, 6) is 0.879. The Labute approximate surface area is 145 Å². The van der Waals surface area contributed by atoms with Crippen LogP contribution in [-0.4, -0.2) is 36.8 Å².